The topological polar surface area (TPSA) is 20.2 Å². The first kappa shape index (κ1) is 9.42. The monoisotopic (exact) mass is 296 g/mol. The van der Waals surface area contributed by atoms with E-state index in [1.807, 2.05) is 18.4 Å². The van der Waals surface area contributed by atoms with Gasteiger partial charge < -0.3 is 5.11 Å². The molecule has 0 saturated carbocycles. The van der Waals surface area contributed by atoms with Gasteiger partial charge >= 0.3 is 0 Å². The Morgan fingerprint density at radius 1 is 1.27 bits per heavy atom. The van der Waals surface area contributed by atoms with E-state index in [0.29, 0.717) is 0 Å². The van der Waals surface area contributed by atoms with Crippen molar-refractivity contribution < 1.29 is 5.11 Å². The average molecular weight is 298 g/mol. The Hall–Kier alpha value is 0.330. The minimum Gasteiger partial charge on any atom is -0.506 e. The molecule has 0 saturated heterocycles. The Bertz CT molecular complexity index is 252. The molecule has 60 valence electrons. The van der Waals surface area contributed by atoms with Crippen LogP contribution in [-0.2, 0) is 0 Å². The molecule has 4 heteroatoms. The van der Waals surface area contributed by atoms with Gasteiger partial charge in [-0.05, 0) is 50.2 Å². The van der Waals surface area contributed by atoms with Gasteiger partial charge in [-0.2, -0.15) is 0 Å². The molecule has 0 bridgehead atoms. The molecule has 1 aromatic rings. The lowest BCUT2D eigenvalue weighted by Gasteiger charge is -2.02. The van der Waals surface area contributed by atoms with Crippen LogP contribution in [0.4, 0.5) is 0 Å². The number of rotatable bonds is 1. The lowest BCUT2D eigenvalue weighted by atomic mass is 10.3. The normalized spacial score (nSPS) is 10.1. The van der Waals surface area contributed by atoms with E-state index in [0.717, 1.165) is 13.8 Å². The number of phenols is 1. The Balaban J connectivity index is 3.21. The Morgan fingerprint density at radius 2 is 1.73 bits per heavy atom. The summed E-state index contributed by atoms with van der Waals surface area (Å²) in [5.41, 5.74) is 0. The van der Waals surface area contributed by atoms with E-state index >= 15 is 0 Å². The van der Waals surface area contributed by atoms with Crippen LogP contribution >= 0.6 is 43.6 Å². The van der Waals surface area contributed by atoms with Crippen LogP contribution in [0.1, 0.15) is 0 Å². The highest BCUT2D eigenvalue weighted by Gasteiger charge is 2.04. The smallest absolute Gasteiger partial charge is 0.144 e. The molecule has 0 unspecified atom stereocenters. The van der Waals surface area contributed by atoms with Gasteiger partial charge in [0.2, 0.25) is 0 Å². The third-order valence-corrected chi connectivity index (χ3v) is 3.14. The summed E-state index contributed by atoms with van der Waals surface area (Å²) in [5, 5.41) is 9.32. The second-order valence-corrected chi connectivity index (χ2v) is 4.53. The number of hydrogen-bond acceptors (Lipinski definition) is 2. The van der Waals surface area contributed by atoms with Gasteiger partial charge in [-0.25, -0.2) is 0 Å². The number of aromatic hydroxyl groups is 1. The van der Waals surface area contributed by atoms with Gasteiger partial charge in [0.1, 0.15) is 5.75 Å². The lowest BCUT2D eigenvalue weighted by Crippen LogP contribution is -1.74. The minimum absolute atomic E-state index is 0.253. The van der Waals surface area contributed by atoms with Crippen molar-refractivity contribution in [3.05, 3.63) is 21.1 Å². The molecule has 1 nitrogen and oxygen atoms in total. The quantitative estimate of drug-likeness (QED) is 0.799. The Labute approximate surface area is 86.4 Å². The van der Waals surface area contributed by atoms with Crippen molar-refractivity contribution in [1.29, 1.82) is 0 Å². The highest BCUT2D eigenvalue weighted by Crippen LogP contribution is 2.35. The van der Waals surface area contributed by atoms with Crippen molar-refractivity contribution in [1.82, 2.24) is 0 Å². The van der Waals surface area contributed by atoms with E-state index in [-0.39, 0.29) is 5.75 Å². The predicted molar refractivity (Wildman–Crippen MR) is 55.3 cm³/mol. The highest BCUT2D eigenvalue weighted by molar-refractivity contribution is 9.11. The summed E-state index contributed by atoms with van der Waals surface area (Å²) in [5.74, 6) is 0.253. The molecule has 1 N–H and O–H groups in total. The molecular formula is C7H6Br2OS. The van der Waals surface area contributed by atoms with Crippen LogP contribution in [0.25, 0.3) is 0 Å². The molecule has 0 aliphatic carbocycles. The molecule has 0 heterocycles. The van der Waals surface area contributed by atoms with E-state index in [1.54, 1.807) is 11.8 Å². The van der Waals surface area contributed by atoms with Crippen LogP contribution in [0.3, 0.4) is 0 Å². The number of halogens is 2. The molecule has 1 aromatic carbocycles. The number of thioether (sulfide) groups is 1. The van der Waals surface area contributed by atoms with E-state index in [4.69, 9.17) is 0 Å². The summed E-state index contributed by atoms with van der Waals surface area (Å²) < 4.78 is 1.44. The largest absolute Gasteiger partial charge is 0.506 e. The van der Waals surface area contributed by atoms with Crippen LogP contribution in [0, 0.1) is 0 Å². The standard InChI is InChI=1S/C7H6Br2OS/c1-11-4-2-5(8)7(10)6(9)3-4/h2-3,10H,1H3. The zero-order valence-corrected chi connectivity index (χ0v) is 9.75. The average Bonchev–Trinajstić information content (AvgIpc) is 1.99. The lowest BCUT2D eigenvalue weighted by molar-refractivity contribution is 0.468. The third kappa shape index (κ3) is 2.13. The fourth-order valence-corrected chi connectivity index (χ4v) is 2.62. The number of phenolic OH excluding ortho intramolecular Hbond substituents is 1. The minimum atomic E-state index is 0.253. The van der Waals surface area contributed by atoms with Gasteiger partial charge in [-0.15, -0.1) is 11.8 Å². The van der Waals surface area contributed by atoms with Crippen LogP contribution in [-0.4, -0.2) is 11.4 Å². The van der Waals surface area contributed by atoms with Crippen LogP contribution in [0.2, 0.25) is 0 Å². The van der Waals surface area contributed by atoms with Crippen LogP contribution in [0.15, 0.2) is 26.0 Å². The highest BCUT2D eigenvalue weighted by atomic mass is 79.9. The van der Waals surface area contributed by atoms with Crippen LogP contribution < -0.4 is 0 Å². The summed E-state index contributed by atoms with van der Waals surface area (Å²) in [4.78, 5) is 1.11. The molecule has 0 spiro atoms. The molecule has 0 aliphatic heterocycles. The van der Waals surface area contributed by atoms with Gasteiger partial charge in [0.05, 0.1) is 8.95 Å². The SMILES string of the molecule is CSc1cc(Br)c(O)c(Br)c1. The first-order valence-electron chi connectivity index (χ1n) is 2.87. The summed E-state index contributed by atoms with van der Waals surface area (Å²) in [6.45, 7) is 0. The number of hydrogen-bond donors (Lipinski definition) is 1. The van der Waals surface area contributed by atoms with Crippen molar-refractivity contribution in [3.63, 3.8) is 0 Å². The maximum atomic E-state index is 9.32. The first-order chi connectivity index (χ1) is 5.15. The zero-order valence-electron chi connectivity index (χ0n) is 5.77. The van der Waals surface area contributed by atoms with Gasteiger partial charge in [-0.1, -0.05) is 0 Å². The van der Waals surface area contributed by atoms with Crippen LogP contribution in [0.5, 0.6) is 5.75 Å². The second-order valence-electron chi connectivity index (χ2n) is 1.94. The maximum Gasteiger partial charge on any atom is 0.144 e. The summed E-state index contributed by atoms with van der Waals surface area (Å²) >= 11 is 8.12. The Kier molecular flexibility index (Phi) is 3.28. The molecule has 0 aromatic heterocycles. The molecule has 0 radical (unpaired) electrons. The predicted octanol–water partition coefficient (Wildman–Crippen LogP) is 3.64. The second kappa shape index (κ2) is 3.83. The van der Waals surface area contributed by atoms with Gasteiger partial charge in [0, 0.05) is 4.90 Å². The summed E-state index contributed by atoms with van der Waals surface area (Å²) in [6.07, 6.45) is 1.99. The molecule has 0 amide bonds. The van der Waals surface area contributed by atoms with Crippen molar-refractivity contribution in [3.8, 4) is 5.75 Å². The van der Waals surface area contributed by atoms with E-state index < -0.39 is 0 Å². The van der Waals surface area contributed by atoms with Crippen molar-refractivity contribution in [2.24, 2.45) is 0 Å². The fraction of sp³-hybridized carbons (Fsp3) is 0.143. The third-order valence-electron chi connectivity index (χ3n) is 1.23. The zero-order chi connectivity index (χ0) is 8.43. The molecular weight excluding hydrogens is 292 g/mol. The summed E-state index contributed by atoms with van der Waals surface area (Å²) in [6, 6.07) is 3.76. The molecule has 1 rings (SSSR count). The molecule has 11 heavy (non-hydrogen) atoms. The van der Waals surface area contributed by atoms with Gasteiger partial charge in [0.15, 0.2) is 0 Å². The fourth-order valence-electron chi connectivity index (χ4n) is 0.660. The van der Waals surface area contributed by atoms with E-state index in [1.165, 1.54) is 0 Å². The van der Waals surface area contributed by atoms with Gasteiger partial charge in [-0.3, -0.25) is 0 Å². The molecule has 0 atom stereocenters. The first-order valence-corrected chi connectivity index (χ1v) is 5.68. The Morgan fingerprint density at radius 3 is 2.09 bits per heavy atom. The molecule has 0 aliphatic rings. The number of benzene rings is 1. The van der Waals surface area contributed by atoms with E-state index in [9.17, 15) is 5.11 Å². The van der Waals surface area contributed by atoms with Gasteiger partial charge in [0.25, 0.3) is 0 Å². The van der Waals surface area contributed by atoms with Crippen molar-refractivity contribution in [2.45, 2.75) is 4.90 Å². The van der Waals surface area contributed by atoms with Crippen molar-refractivity contribution in [2.75, 3.05) is 6.26 Å². The van der Waals surface area contributed by atoms with Crippen molar-refractivity contribution >= 4 is 43.6 Å². The summed E-state index contributed by atoms with van der Waals surface area (Å²) in [7, 11) is 0. The molecule has 0 fully saturated rings. The maximum absolute atomic E-state index is 9.32. The van der Waals surface area contributed by atoms with E-state index in [2.05, 4.69) is 31.9 Å².